The van der Waals surface area contributed by atoms with Gasteiger partial charge in [0.2, 0.25) is 5.96 Å². The SMILES string of the molecule is CCc1cccc(N(C)C(N)=Nc2cc(CC)ccc2Cl)c1.Cl. The second kappa shape index (κ2) is 8.80. The van der Waals surface area contributed by atoms with Crippen LogP contribution < -0.4 is 10.6 Å². The van der Waals surface area contributed by atoms with E-state index >= 15 is 0 Å². The van der Waals surface area contributed by atoms with E-state index in [2.05, 4.69) is 31.0 Å². The standard InChI is InChI=1S/C18H22ClN3.ClH/c1-4-13-7-6-8-15(11-13)22(3)18(20)21-17-12-14(5-2)9-10-16(17)19;/h6-12H,4-5H2,1-3H3,(H2,20,21);1H. The highest BCUT2D eigenvalue weighted by Gasteiger charge is 2.08. The molecule has 5 heteroatoms. The first-order chi connectivity index (χ1) is 10.5. The highest BCUT2D eigenvalue weighted by atomic mass is 35.5. The highest BCUT2D eigenvalue weighted by Crippen LogP contribution is 2.27. The molecule has 0 heterocycles. The molecule has 2 rings (SSSR count). The van der Waals surface area contributed by atoms with E-state index < -0.39 is 0 Å². The molecule has 23 heavy (non-hydrogen) atoms. The van der Waals surface area contributed by atoms with Gasteiger partial charge in [-0.05, 0) is 48.2 Å². The number of nitrogens with two attached hydrogens (primary N) is 1. The fourth-order valence-electron chi connectivity index (χ4n) is 2.18. The summed E-state index contributed by atoms with van der Waals surface area (Å²) < 4.78 is 0. The number of anilines is 1. The van der Waals surface area contributed by atoms with E-state index in [-0.39, 0.29) is 12.4 Å². The fourth-order valence-corrected chi connectivity index (χ4v) is 2.34. The van der Waals surface area contributed by atoms with Crippen LogP contribution in [0.4, 0.5) is 11.4 Å². The van der Waals surface area contributed by atoms with Crippen molar-refractivity contribution in [1.29, 1.82) is 0 Å². The van der Waals surface area contributed by atoms with Crippen LogP contribution in [-0.2, 0) is 12.8 Å². The second-order valence-corrected chi connectivity index (χ2v) is 5.60. The van der Waals surface area contributed by atoms with Crippen molar-refractivity contribution in [2.24, 2.45) is 10.7 Å². The molecule has 124 valence electrons. The summed E-state index contributed by atoms with van der Waals surface area (Å²) in [6, 6.07) is 14.1. The molecule has 0 radical (unpaired) electrons. The van der Waals surface area contributed by atoms with Crippen molar-refractivity contribution in [2.75, 3.05) is 11.9 Å². The molecule has 0 aliphatic carbocycles. The zero-order valence-electron chi connectivity index (χ0n) is 13.7. The summed E-state index contributed by atoms with van der Waals surface area (Å²) in [7, 11) is 1.91. The van der Waals surface area contributed by atoms with Crippen LogP contribution >= 0.6 is 24.0 Å². The van der Waals surface area contributed by atoms with Crippen molar-refractivity contribution in [3.05, 3.63) is 58.6 Å². The molecule has 2 aromatic rings. The Morgan fingerprint density at radius 1 is 1.09 bits per heavy atom. The van der Waals surface area contributed by atoms with Gasteiger partial charge in [-0.25, -0.2) is 4.99 Å². The Bertz CT molecular complexity index is 684. The molecule has 2 N–H and O–H groups in total. The lowest BCUT2D eigenvalue weighted by Gasteiger charge is -2.19. The first-order valence-corrected chi connectivity index (χ1v) is 7.88. The number of guanidine groups is 1. The molecule has 0 saturated heterocycles. The minimum Gasteiger partial charge on any atom is -0.369 e. The predicted molar refractivity (Wildman–Crippen MR) is 104 cm³/mol. The summed E-state index contributed by atoms with van der Waals surface area (Å²) in [6.07, 6.45) is 1.93. The lowest BCUT2D eigenvalue weighted by atomic mass is 10.1. The second-order valence-electron chi connectivity index (χ2n) is 5.19. The highest BCUT2D eigenvalue weighted by molar-refractivity contribution is 6.33. The van der Waals surface area contributed by atoms with Crippen LogP contribution in [0.5, 0.6) is 0 Å². The van der Waals surface area contributed by atoms with Gasteiger partial charge in [0.15, 0.2) is 0 Å². The number of hydrogen-bond donors (Lipinski definition) is 1. The lowest BCUT2D eigenvalue weighted by molar-refractivity contribution is 1.12. The van der Waals surface area contributed by atoms with Gasteiger partial charge in [-0.15, -0.1) is 12.4 Å². The molecule has 2 aromatic carbocycles. The molecule has 0 aromatic heterocycles. The Hall–Kier alpha value is -1.71. The molecule has 0 bridgehead atoms. The van der Waals surface area contributed by atoms with Gasteiger partial charge in [-0.2, -0.15) is 0 Å². The van der Waals surface area contributed by atoms with E-state index in [1.807, 2.05) is 42.3 Å². The van der Waals surface area contributed by atoms with Gasteiger partial charge >= 0.3 is 0 Å². The normalized spacial score (nSPS) is 11.0. The van der Waals surface area contributed by atoms with Crippen LogP contribution in [0.25, 0.3) is 0 Å². The van der Waals surface area contributed by atoms with E-state index in [9.17, 15) is 0 Å². The van der Waals surface area contributed by atoms with E-state index in [1.165, 1.54) is 11.1 Å². The van der Waals surface area contributed by atoms with Crippen LogP contribution in [-0.4, -0.2) is 13.0 Å². The van der Waals surface area contributed by atoms with Crippen LogP contribution in [0.1, 0.15) is 25.0 Å². The van der Waals surface area contributed by atoms with Crippen molar-refractivity contribution in [1.82, 2.24) is 0 Å². The van der Waals surface area contributed by atoms with Crippen LogP contribution in [0.2, 0.25) is 5.02 Å². The molecule has 0 fully saturated rings. The van der Waals surface area contributed by atoms with Crippen molar-refractivity contribution >= 4 is 41.3 Å². The molecule has 3 nitrogen and oxygen atoms in total. The van der Waals surface area contributed by atoms with Gasteiger partial charge in [0.05, 0.1) is 10.7 Å². The molecule has 0 spiro atoms. The Balaban J connectivity index is 0.00000264. The Morgan fingerprint density at radius 3 is 2.39 bits per heavy atom. The number of aliphatic imine (C=N–C) groups is 1. The number of nitrogens with zero attached hydrogens (tertiary/aromatic N) is 2. The van der Waals surface area contributed by atoms with E-state index in [0.29, 0.717) is 16.7 Å². The van der Waals surface area contributed by atoms with E-state index in [0.717, 1.165) is 18.5 Å². The van der Waals surface area contributed by atoms with Gasteiger partial charge in [0, 0.05) is 12.7 Å². The minimum absolute atomic E-state index is 0. The summed E-state index contributed by atoms with van der Waals surface area (Å²) in [5.74, 6) is 0.420. The summed E-state index contributed by atoms with van der Waals surface area (Å²) in [6.45, 7) is 4.23. The average molecular weight is 352 g/mol. The molecule has 0 unspecified atom stereocenters. The predicted octanol–water partition coefficient (Wildman–Crippen LogP) is 4.97. The molecular formula is C18H23Cl2N3. The molecule has 0 aliphatic rings. The molecule has 0 atom stereocenters. The quantitative estimate of drug-likeness (QED) is 0.624. The smallest absolute Gasteiger partial charge is 0.200 e. The number of halogens is 2. The number of hydrogen-bond acceptors (Lipinski definition) is 1. The van der Waals surface area contributed by atoms with Crippen molar-refractivity contribution in [3.8, 4) is 0 Å². The number of aryl methyl sites for hydroxylation is 2. The van der Waals surface area contributed by atoms with Crippen LogP contribution in [0.15, 0.2) is 47.5 Å². The molecule has 0 amide bonds. The van der Waals surface area contributed by atoms with Crippen LogP contribution in [0.3, 0.4) is 0 Å². The topological polar surface area (TPSA) is 41.6 Å². The fraction of sp³-hybridized carbons (Fsp3) is 0.278. The van der Waals surface area contributed by atoms with Gasteiger partial charge < -0.3 is 10.6 Å². The van der Waals surface area contributed by atoms with Crippen LogP contribution in [0, 0.1) is 0 Å². The molecular weight excluding hydrogens is 329 g/mol. The molecule has 0 aliphatic heterocycles. The summed E-state index contributed by atoms with van der Waals surface area (Å²) in [4.78, 5) is 6.36. The van der Waals surface area contributed by atoms with E-state index in [4.69, 9.17) is 17.3 Å². The Labute approximate surface area is 149 Å². The maximum atomic E-state index is 6.21. The third kappa shape index (κ3) is 4.88. The maximum absolute atomic E-state index is 6.21. The first-order valence-electron chi connectivity index (χ1n) is 7.50. The third-order valence-electron chi connectivity index (χ3n) is 3.70. The summed E-state index contributed by atoms with van der Waals surface area (Å²) in [5, 5.41) is 0.607. The molecule has 0 saturated carbocycles. The number of benzene rings is 2. The zero-order chi connectivity index (χ0) is 16.1. The first kappa shape index (κ1) is 19.3. The van der Waals surface area contributed by atoms with E-state index in [1.54, 1.807) is 0 Å². The average Bonchev–Trinajstić information content (AvgIpc) is 2.56. The van der Waals surface area contributed by atoms with Gasteiger partial charge in [-0.3, -0.25) is 0 Å². The Morgan fingerprint density at radius 2 is 1.74 bits per heavy atom. The number of rotatable bonds is 4. The summed E-state index contributed by atoms with van der Waals surface area (Å²) >= 11 is 6.21. The van der Waals surface area contributed by atoms with Gasteiger partial charge in [0.1, 0.15) is 0 Å². The largest absolute Gasteiger partial charge is 0.369 e. The van der Waals surface area contributed by atoms with Gasteiger partial charge in [0.25, 0.3) is 0 Å². The lowest BCUT2D eigenvalue weighted by Crippen LogP contribution is -2.33. The Kier molecular flexibility index (Phi) is 7.40. The van der Waals surface area contributed by atoms with Gasteiger partial charge in [-0.1, -0.05) is 43.6 Å². The monoisotopic (exact) mass is 351 g/mol. The zero-order valence-corrected chi connectivity index (χ0v) is 15.3. The van der Waals surface area contributed by atoms with Crippen molar-refractivity contribution in [3.63, 3.8) is 0 Å². The summed E-state index contributed by atoms with van der Waals surface area (Å²) in [5.41, 5.74) is 10.3. The maximum Gasteiger partial charge on any atom is 0.200 e. The van der Waals surface area contributed by atoms with Crippen molar-refractivity contribution in [2.45, 2.75) is 26.7 Å². The minimum atomic E-state index is 0. The third-order valence-corrected chi connectivity index (χ3v) is 4.02. The van der Waals surface area contributed by atoms with Crippen molar-refractivity contribution < 1.29 is 0 Å².